The third kappa shape index (κ3) is 8.54. The second-order valence-electron chi connectivity index (χ2n) is 6.85. The van der Waals surface area contributed by atoms with E-state index in [1.165, 1.54) is 6.92 Å². The van der Waals surface area contributed by atoms with Crippen LogP contribution in [0.15, 0.2) is 12.2 Å². The van der Waals surface area contributed by atoms with Crippen LogP contribution in [-0.4, -0.2) is 27.0 Å². The first-order valence-corrected chi connectivity index (χ1v) is 10.4. The fraction of sp³-hybridized carbons (Fsp3) is 0.812. The topological polar surface area (TPSA) is 35.5 Å². The summed E-state index contributed by atoms with van der Waals surface area (Å²) in [4.78, 5) is 10.6. The predicted octanol–water partition coefficient (Wildman–Crippen LogP) is 4.69. The van der Waals surface area contributed by atoms with E-state index in [2.05, 4.69) is 52.9 Å². The van der Waals surface area contributed by atoms with Crippen molar-refractivity contribution in [1.82, 2.24) is 0 Å². The van der Waals surface area contributed by atoms with Crippen molar-refractivity contribution in [2.45, 2.75) is 78.1 Å². The molecular weight excluding hydrogens is 268 g/mol. The maximum absolute atomic E-state index is 10.6. The Labute approximate surface area is 125 Å². The van der Waals surface area contributed by atoms with Crippen molar-refractivity contribution >= 4 is 14.3 Å². The van der Waals surface area contributed by atoms with Gasteiger partial charge in [-0.1, -0.05) is 32.9 Å². The molecule has 0 aromatic rings. The van der Waals surface area contributed by atoms with Crippen LogP contribution < -0.4 is 0 Å². The minimum atomic E-state index is -1.67. The number of hydrogen-bond acceptors (Lipinski definition) is 3. The minimum Gasteiger partial charge on any atom is -0.466 e. The van der Waals surface area contributed by atoms with E-state index in [9.17, 15) is 4.79 Å². The first-order chi connectivity index (χ1) is 9.06. The van der Waals surface area contributed by atoms with Gasteiger partial charge in [-0.15, -0.1) is 0 Å². The van der Waals surface area contributed by atoms with E-state index in [-0.39, 0.29) is 17.1 Å². The van der Waals surface area contributed by atoms with Gasteiger partial charge < -0.3 is 9.16 Å². The molecule has 0 radical (unpaired) electrons. The van der Waals surface area contributed by atoms with Crippen LogP contribution >= 0.6 is 0 Å². The summed E-state index contributed by atoms with van der Waals surface area (Å²) in [7, 11) is -1.67. The fourth-order valence-electron chi connectivity index (χ4n) is 1.55. The average molecular weight is 301 g/mol. The lowest BCUT2D eigenvalue weighted by atomic mass is 10.2. The third-order valence-electron chi connectivity index (χ3n) is 3.76. The van der Waals surface area contributed by atoms with E-state index in [0.717, 1.165) is 19.3 Å². The molecule has 0 N–H and O–H groups in total. The van der Waals surface area contributed by atoms with Gasteiger partial charge in [0.05, 0.1) is 12.7 Å². The van der Waals surface area contributed by atoms with Gasteiger partial charge in [-0.25, -0.2) is 0 Å². The van der Waals surface area contributed by atoms with E-state index >= 15 is 0 Å². The lowest BCUT2D eigenvalue weighted by Crippen LogP contribution is -2.42. The van der Waals surface area contributed by atoms with Crippen LogP contribution in [0.5, 0.6) is 0 Å². The summed E-state index contributed by atoms with van der Waals surface area (Å²) >= 11 is 0. The van der Waals surface area contributed by atoms with Gasteiger partial charge in [-0.05, 0) is 44.3 Å². The maximum Gasteiger partial charge on any atom is 0.302 e. The Kier molecular flexibility index (Phi) is 8.36. The summed E-state index contributed by atoms with van der Waals surface area (Å²) in [6.07, 6.45) is 7.45. The van der Waals surface area contributed by atoms with Crippen molar-refractivity contribution < 1.29 is 14.0 Å². The highest BCUT2D eigenvalue weighted by Crippen LogP contribution is 2.37. The molecule has 3 nitrogen and oxygen atoms in total. The van der Waals surface area contributed by atoms with Gasteiger partial charge in [0.2, 0.25) is 0 Å². The van der Waals surface area contributed by atoms with E-state index in [1.54, 1.807) is 0 Å². The molecule has 0 aliphatic rings. The number of ether oxygens (including phenoxy) is 1. The molecular formula is C16H32O3Si. The molecule has 0 spiro atoms. The van der Waals surface area contributed by atoms with Crippen LogP contribution in [0.2, 0.25) is 18.1 Å². The molecule has 4 heteroatoms. The molecule has 0 heterocycles. The second kappa shape index (κ2) is 8.62. The zero-order valence-corrected chi connectivity index (χ0v) is 15.3. The number of esters is 1. The van der Waals surface area contributed by atoms with Crippen LogP contribution in [0.4, 0.5) is 0 Å². The standard InChI is InChI=1S/C16H32O3Si/c1-14(19-20(6,7)16(3,4)5)12-10-8-9-11-13-18-15(2)17/h10,12,14H,8-9,11,13H2,1-7H3/b12-10-/t14-/m1/s1. The Morgan fingerprint density at radius 2 is 1.85 bits per heavy atom. The van der Waals surface area contributed by atoms with Gasteiger partial charge in [0.25, 0.3) is 0 Å². The Balaban J connectivity index is 3.89. The summed E-state index contributed by atoms with van der Waals surface area (Å²) in [5.74, 6) is -0.197. The minimum absolute atomic E-state index is 0.171. The smallest absolute Gasteiger partial charge is 0.302 e. The molecule has 0 saturated carbocycles. The molecule has 0 fully saturated rings. The lowest BCUT2D eigenvalue weighted by Gasteiger charge is -2.37. The monoisotopic (exact) mass is 300 g/mol. The summed E-state index contributed by atoms with van der Waals surface area (Å²) in [5, 5.41) is 0.249. The molecule has 0 rings (SSSR count). The number of rotatable bonds is 8. The molecule has 0 bridgehead atoms. The van der Waals surface area contributed by atoms with Gasteiger partial charge in [0.1, 0.15) is 0 Å². The highest BCUT2D eigenvalue weighted by molar-refractivity contribution is 6.74. The second-order valence-corrected chi connectivity index (χ2v) is 11.6. The van der Waals surface area contributed by atoms with Crippen molar-refractivity contribution in [3.63, 3.8) is 0 Å². The molecule has 0 aromatic heterocycles. The fourth-order valence-corrected chi connectivity index (χ4v) is 2.91. The number of unbranched alkanes of at least 4 members (excludes halogenated alkanes) is 2. The maximum atomic E-state index is 10.6. The Morgan fingerprint density at radius 1 is 1.25 bits per heavy atom. The summed E-state index contributed by atoms with van der Waals surface area (Å²) in [6.45, 7) is 15.4. The SMILES string of the molecule is CC(=O)OCCCC/C=C\[C@@H](C)O[Si](C)(C)C(C)(C)C. The average Bonchev–Trinajstić information content (AvgIpc) is 2.25. The van der Waals surface area contributed by atoms with Crippen molar-refractivity contribution in [2.24, 2.45) is 0 Å². The predicted molar refractivity (Wildman–Crippen MR) is 87.4 cm³/mol. The molecule has 1 atom stereocenters. The lowest BCUT2D eigenvalue weighted by molar-refractivity contribution is -0.141. The molecule has 0 aliphatic heterocycles. The van der Waals surface area contributed by atoms with E-state index in [1.807, 2.05) is 0 Å². The van der Waals surface area contributed by atoms with Crippen molar-refractivity contribution in [2.75, 3.05) is 6.61 Å². The van der Waals surface area contributed by atoms with Crippen LogP contribution in [0.25, 0.3) is 0 Å². The van der Waals surface area contributed by atoms with E-state index in [0.29, 0.717) is 6.61 Å². The zero-order chi connectivity index (χ0) is 15.8. The van der Waals surface area contributed by atoms with Crippen LogP contribution in [-0.2, 0) is 14.0 Å². The van der Waals surface area contributed by atoms with Crippen LogP contribution in [0, 0.1) is 0 Å². The Bertz CT molecular complexity index is 316. The first kappa shape index (κ1) is 19.4. The van der Waals surface area contributed by atoms with E-state index in [4.69, 9.17) is 9.16 Å². The first-order valence-electron chi connectivity index (χ1n) is 7.54. The number of carbonyl (C=O) groups excluding carboxylic acids is 1. The summed E-state index contributed by atoms with van der Waals surface area (Å²) < 4.78 is 11.1. The molecule has 0 unspecified atom stereocenters. The number of allylic oxidation sites excluding steroid dienone is 1. The van der Waals surface area contributed by atoms with E-state index < -0.39 is 8.32 Å². The quantitative estimate of drug-likeness (QED) is 0.282. The van der Waals surface area contributed by atoms with Gasteiger partial charge >= 0.3 is 5.97 Å². The van der Waals surface area contributed by atoms with Gasteiger partial charge in [0, 0.05) is 6.92 Å². The molecule has 118 valence electrons. The van der Waals surface area contributed by atoms with Gasteiger partial charge in [-0.2, -0.15) is 0 Å². The van der Waals surface area contributed by atoms with Crippen LogP contribution in [0.1, 0.15) is 53.9 Å². The Morgan fingerprint density at radius 3 is 2.35 bits per heavy atom. The largest absolute Gasteiger partial charge is 0.466 e. The zero-order valence-electron chi connectivity index (χ0n) is 14.3. The molecule has 0 amide bonds. The summed E-state index contributed by atoms with van der Waals surface area (Å²) in [6, 6.07) is 0. The van der Waals surface area contributed by atoms with Crippen LogP contribution in [0.3, 0.4) is 0 Å². The molecule has 0 aliphatic carbocycles. The van der Waals surface area contributed by atoms with Gasteiger partial charge in [0.15, 0.2) is 8.32 Å². The number of carbonyl (C=O) groups is 1. The van der Waals surface area contributed by atoms with Gasteiger partial charge in [-0.3, -0.25) is 4.79 Å². The molecule has 0 aromatic carbocycles. The number of hydrogen-bond donors (Lipinski definition) is 0. The highest BCUT2D eigenvalue weighted by atomic mass is 28.4. The van der Waals surface area contributed by atoms with Crippen molar-refractivity contribution in [1.29, 1.82) is 0 Å². The third-order valence-corrected chi connectivity index (χ3v) is 8.34. The highest BCUT2D eigenvalue weighted by Gasteiger charge is 2.37. The van der Waals surface area contributed by atoms with Crippen molar-refractivity contribution in [3.05, 3.63) is 12.2 Å². The normalized spacial score (nSPS) is 14.6. The molecule has 20 heavy (non-hydrogen) atoms. The van der Waals surface area contributed by atoms with Crippen molar-refractivity contribution in [3.8, 4) is 0 Å². The summed E-state index contributed by atoms with van der Waals surface area (Å²) in [5.41, 5.74) is 0. The molecule has 0 saturated heterocycles. The Hall–Kier alpha value is -0.613.